The maximum atomic E-state index is 5.69. The first kappa shape index (κ1) is 9.28. The third kappa shape index (κ3) is 2.15. The normalized spacial score (nSPS) is 10.1. The fourth-order valence-corrected chi connectivity index (χ4v) is 1.91. The van der Waals surface area contributed by atoms with E-state index in [9.17, 15) is 0 Å². The highest BCUT2D eigenvalue weighted by molar-refractivity contribution is 7.07. The second-order valence-corrected chi connectivity index (χ2v) is 3.97. The zero-order chi connectivity index (χ0) is 9.80. The van der Waals surface area contributed by atoms with Crippen LogP contribution in [0.5, 0.6) is 5.75 Å². The van der Waals surface area contributed by atoms with Gasteiger partial charge in [-0.15, -0.1) is 0 Å². The van der Waals surface area contributed by atoms with Gasteiger partial charge in [-0.2, -0.15) is 11.3 Å². The topological polar surface area (TPSA) is 9.23 Å². The van der Waals surface area contributed by atoms with Crippen LogP contribution in [0.1, 0.15) is 11.1 Å². The Labute approximate surface area is 88.0 Å². The predicted octanol–water partition coefficient (Wildman–Crippen LogP) is 3.64. The molecule has 0 radical (unpaired) electrons. The van der Waals surface area contributed by atoms with Crippen molar-refractivity contribution in [1.29, 1.82) is 0 Å². The summed E-state index contributed by atoms with van der Waals surface area (Å²) >= 11 is 1.70. The van der Waals surface area contributed by atoms with E-state index >= 15 is 0 Å². The fraction of sp³-hybridized carbons (Fsp3) is 0.167. The van der Waals surface area contributed by atoms with Crippen molar-refractivity contribution < 1.29 is 4.74 Å². The molecule has 1 heterocycles. The summed E-state index contributed by atoms with van der Waals surface area (Å²) in [5.41, 5.74) is 2.42. The standard InChI is InChI=1S/C12H12OS/c1-10-4-2-3-5-12(10)13-8-11-6-7-14-9-11/h2-7,9H,8H2,1H3. The number of hydrogen-bond acceptors (Lipinski definition) is 2. The van der Waals surface area contributed by atoms with E-state index in [1.807, 2.05) is 18.2 Å². The molecule has 1 aromatic carbocycles. The molecule has 2 rings (SSSR count). The highest BCUT2D eigenvalue weighted by atomic mass is 32.1. The van der Waals surface area contributed by atoms with Crippen LogP contribution in [0, 0.1) is 6.92 Å². The minimum atomic E-state index is 0.661. The van der Waals surface area contributed by atoms with Gasteiger partial charge in [-0.3, -0.25) is 0 Å². The maximum Gasteiger partial charge on any atom is 0.122 e. The Balaban J connectivity index is 2.02. The van der Waals surface area contributed by atoms with Gasteiger partial charge in [0.1, 0.15) is 12.4 Å². The first-order valence-corrected chi connectivity index (χ1v) is 5.50. The van der Waals surface area contributed by atoms with Gasteiger partial charge in [-0.25, -0.2) is 0 Å². The summed E-state index contributed by atoms with van der Waals surface area (Å²) in [7, 11) is 0. The highest BCUT2D eigenvalue weighted by Crippen LogP contribution is 2.18. The molecule has 0 amide bonds. The summed E-state index contributed by atoms with van der Waals surface area (Å²) in [6.07, 6.45) is 0. The molecule has 0 saturated heterocycles. The van der Waals surface area contributed by atoms with Gasteiger partial charge in [0.25, 0.3) is 0 Å². The van der Waals surface area contributed by atoms with E-state index in [0.29, 0.717) is 6.61 Å². The Morgan fingerprint density at radius 3 is 2.79 bits per heavy atom. The largest absolute Gasteiger partial charge is 0.489 e. The maximum absolute atomic E-state index is 5.69. The average Bonchev–Trinajstić information content (AvgIpc) is 2.69. The Bertz CT molecular complexity index is 392. The first-order valence-electron chi connectivity index (χ1n) is 4.56. The van der Waals surface area contributed by atoms with Gasteiger partial charge >= 0.3 is 0 Å². The van der Waals surface area contributed by atoms with Crippen molar-refractivity contribution >= 4 is 11.3 Å². The third-order valence-corrected chi connectivity index (χ3v) is 2.80. The van der Waals surface area contributed by atoms with E-state index in [-0.39, 0.29) is 0 Å². The molecule has 0 unspecified atom stereocenters. The van der Waals surface area contributed by atoms with E-state index in [4.69, 9.17) is 4.74 Å². The summed E-state index contributed by atoms with van der Waals surface area (Å²) in [5.74, 6) is 0.971. The summed E-state index contributed by atoms with van der Waals surface area (Å²) in [6.45, 7) is 2.72. The molecule has 0 fully saturated rings. The molecule has 0 atom stereocenters. The third-order valence-electron chi connectivity index (χ3n) is 2.07. The Kier molecular flexibility index (Phi) is 2.84. The number of aryl methyl sites for hydroxylation is 1. The fourth-order valence-electron chi connectivity index (χ4n) is 1.25. The Morgan fingerprint density at radius 1 is 1.21 bits per heavy atom. The van der Waals surface area contributed by atoms with Gasteiger partial charge in [-0.1, -0.05) is 18.2 Å². The van der Waals surface area contributed by atoms with Gasteiger partial charge in [0.15, 0.2) is 0 Å². The zero-order valence-corrected chi connectivity index (χ0v) is 8.88. The zero-order valence-electron chi connectivity index (χ0n) is 8.07. The number of para-hydroxylation sites is 1. The number of ether oxygens (including phenoxy) is 1. The van der Waals surface area contributed by atoms with Crippen molar-refractivity contribution in [1.82, 2.24) is 0 Å². The molecular weight excluding hydrogens is 192 g/mol. The number of hydrogen-bond donors (Lipinski definition) is 0. The second-order valence-electron chi connectivity index (χ2n) is 3.19. The lowest BCUT2D eigenvalue weighted by Crippen LogP contribution is -1.94. The molecule has 2 heteroatoms. The minimum absolute atomic E-state index is 0.661. The van der Waals surface area contributed by atoms with Gasteiger partial charge in [0.2, 0.25) is 0 Å². The van der Waals surface area contributed by atoms with Gasteiger partial charge in [-0.05, 0) is 40.9 Å². The molecule has 0 bridgehead atoms. The molecule has 2 aromatic rings. The number of benzene rings is 1. The highest BCUT2D eigenvalue weighted by Gasteiger charge is 1.98. The predicted molar refractivity (Wildman–Crippen MR) is 59.8 cm³/mol. The van der Waals surface area contributed by atoms with Crippen molar-refractivity contribution in [3.8, 4) is 5.75 Å². The second kappa shape index (κ2) is 4.29. The van der Waals surface area contributed by atoms with Crippen molar-refractivity contribution in [2.45, 2.75) is 13.5 Å². The van der Waals surface area contributed by atoms with E-state index in [2.05, 4.69) is 29.8 Å². The smallest absolute Gasteiger partial charge is 0.122 e. The molecule has 0 saturated carbocycles. The molecule has 0 aliphatic heterocycles. The summed E-state index contributed by atoms with van der Waals surface area (Å²) < 4.78 is 5.69. The van der Waals surface area contributed by atoms with Gasteiger partial charge in [0.05, 0.1) is 0 Å². The van der Waals surface area contributed by atoms with Crippen LogP contribution in [0.15, 0.2) is 41.1 Å². The number of rotatable bonds is 3. The summed E-state index contributed by atoms with van der Waals surface area (Å²) in [6, 6.07) is 10.2. The average molecular weight is 204 g/mol. The lowest BCUT2D eigenvalue weighted by atomic mass is 10.2. The molecule has 0 spiro atoms. The van der Waals surface area contributed by atoms with Crippen LogP contribution in [0.4, 0.5) is 0 Å². The lowest BCUT2D eigenvalue weighted by molar-refractivity contribution is 0.304. The first-order chi connectivity index (χ1) is 6.86. The SMILES string of the molecule is Cc1ccccc1OCc1ccsc1. The summed E-state index contributed by atoms with van der Waals surface area (Å²) in [5, 5.41) is 4.18. The molecule has 0 aliphatic rings. The molecule has 0 N–H and O–H groups in total. The quantitative estimate of drug-likeness (QED) is 0.741. The molecule has 14 heavy (non-hydrogen) atoms. The van der Waals surface area contributed by atoms with Crippen LogP contribution in [0.3, 0.4) is 0 Å². The molecule has 0 aliphatic carbocycles. The van der Waals surface area contributed by atoms with E-state index in [1.165, 1.54) is 11.1 Å². The Morgan fingerprint density at radius 2 is 2.07 bits per heavy atom. The van der Waals surface area contributed by atoms with Crippen LogP contribution in [-0.2, 0) is 6.61 Å². The van der Waals surface area contributed by atoms with Crippen LogP contribution in [0.25, 0.3) is 0 Å². The van der Waals surface area contributed by atoms with Crippen LogP contribution in [0.2, 0.25) is 0 Å². The Hall–Kier alpha value is -1.28. The van der Waals surface area contributed by atoms with E-state index in [1.54, 1.807) is 11.3 Å². The van der Waals surface area contributed by atoms with Crippen LogP contribution >= 0.6 is 11.3 Å². The van der Waals surface area contributed by atoms with Gasteiger partial charge in [0, 0.05) is 0 Å². The van der Waals surface area contributed by atoms with Crippen molar-refractivity contribution in [2.75, 3.05) is 0 Å². The monoisotopic (exact) mass is 204 g/mol. The van der Waals surface area contributed by atoms with Crippen LogP contribution in [-0.4, -0.2) is 0 Å². The van der Waals surface area contributed by atoms with Crippen molar-refractivity contribution in [3.05, 3.63) is 52.2 Å². The van der Waals surface area contributed by atoms with E-state index < -0.39 is 0 Å². The lowest BCUT2D eigenvalue weighted by Gasteiger charge is -2.07. The summed E-state index contributed by atoms with van der Waals surface area (Å²) in [4.78, 5) is 0. The molecule has 1 nitrogen and oxygen atoms in total. The number of thiophene rings is 1. The van der Waals surface area contributed by atoms with Crippen molar-refractivity contribution in [3.63, 3.8) is 0 Å². The van der Waals surface area contributed by atoms with Gasteiger partial charge < -0.3 is 4.74 Å². The molecule has 1 aromatic heterocycles. The molecule has 72 valence electrons. The van der Waals surface area contributed by atoms with Crippen molar-refractivity contribution in [2.24, 2.45) is 0 Å². The minimum Gasteiger partial charge on any atom is -0.489 e. The van der Waals surface area contributed by atoms with Crippen LogP contribution < -0.4 is 4.74 Å². The van der Waals surface area contributed by atoms with E-state index in [0.717, 1.165) is 5.75 Å². The molecular formula is C12H12OS.